The lowest BCUT2D eigenvalue weighted by Gasteiger charge is -2.23. The lowest BCUT2D eigenvalue weighted by atomic mass is 9.86. The Balaban J connectivity index is 2.17. The molecule has 0 atom stereocenters. The molecule has 0 unspecified atom stereocenters. The Morgan fingerprint density at radius 2 is 1.32 bits per heavy atom. The molecule has 0 saturated carbocycles. The van der Waals surface area contributed by atoms with Crippen LogP contribution in [-0.2, 0) is 5.41 Å². The highest BCUT2D eigenvalue weighted by molar-refractivity contribution is 5.95. The Morgan fingerprint density at radius 1 is 0.773 bits per heavy atom. The van der Waals surface area contributed by atoms with Crippen LogP contribution in [0.4, 0.5) is 0 Å². The fourth-order valence-corrected chi connectivity index (χ4v) is 2.31. The zero-order valence-corrected chi connectivity index (χ0v) is 12.7. The first-order valence-electron chi connectivity index (χ1n) is 7.03. The number of carbonyl (C=O) groups excluding carboxylic acids is 2. The Bertz CT molecular complexity index is 752. The Labute approximate surface area is 128 Å². The maximum absolute atomic E-state index is 12.3. The van der Waals surface area contributed by atoms with Crippen molar-refractivity contribution >= 4 is 11.9 Å². The molecule has 0 radical (unpaired) electrons. The van der Waals surface area contributed by atoms with E-state index in [1.807, 2.05) is 20.8 Å². The summed E-state index contributed by atoms with van der Waals surface area (Å²) in [5.74, 6) is 0.00756. The fourth-order valence-electron chi connectivity index (χ4n) is 2.31. The van der Waals surface area contributed by atoms with E-state index in [0.29, 0.717) is 22.6 Å². The van der Waals surface area contributed by atoms with Gasteiger partial charge in [0.15, 0.2) is 0 Å². The first kappa shape index (κ1) is 14.3. The molecule has 4 bridgehead atoms. The second kappa shape index (κ2) is 4.98. The third kappa shape index (κ3) is 2.60. The second-order valence-electron chi connectivity index (χ2n) is 6.26. The van der Waals surface area contributed by atoms with Crippen LogP contribution in [0.5, 0.6) is 11.5 Å². The summed E-state index contributed by atoms with van der Waals surface area (Å²) in [6, 6.07) is 11.3. The quantitative estimate of drug-likeness (QED) is 0.549. The van der Waals surface area contributed by atoms with E-state index in [1.54, 1.807) is 42.5 Å². The van der Waals surface area contributed by atoms with Gasteiger partial charge >= 0.3 is 11.9 Å². The van der Waals surface area contributed by atoms with E-state index in [1.165, 1.54) is 0 Å². The van der Waals surface area contributed by atoms with Gasteiger partial charge in [0, 0.05) is 5.56 Å². The number of carbonyl (C=O) groups is 2. The average molecular weight is 296 g/mol. The normalized spacial score (nSPS) is 14.1. The fraction of sp³-hybridized carbons (Fsp3) is 0.222. The van der Waals surface area contributed by atoms with Crippen molar-refractivity contribution in [1.82, 2.24) is 0 Å². The summed E-state index contributed by atoms with van der Waals surface area (Å²) in [4.78, 5) is 24.4. The molecule has 6 rings (SSSR count). The summed E-state index contributed by atoms with van der Waals surface area (Å²) in [6.07, 6.45) is 0. The van der Waals surface area contributed by atoms with Crippen molar-refractivity contribution in [1.29, 1.82) is 0 Å². The standard InChI is InChI=1S/C18H16O4/c1-18(2,3)14-10-13-8-9-15(14)22-17(20)12-6-4-11(5-7-12)16(19)21-13/h4-10H,1-3H3. The van der Waals surface area contributed by atoms with Gasteiger partial charge in [-0.1, -0.05) is 20.8 Å². The maximum Gasteiger partial charge on any atom is 0.343 e. The zero-order valence-electron chi connectivity index (χ0n) is 12.7. The number of benzene rings is 2. The van der Waals surface area contributed by atoms with E-state index in [2.05, 4.69) is 0 Å². The molecule has 112 valence electrons. The molecule has 0 fully saturated rings. The third-order valence-electron chi connectivity index (χ3n) is 3.53. The van der Waals surface area contributed by atoms with Gasteiger partial charge in [-0.2, -0.15) is 0 Å². The van der Waals surface area contributed by atoms with E-state index in [-0.39, 0.29) is 5.41 Å². The van der Waals surface area contributed by atoms with Crippen molar-refractivity contribution in [3.63, 3.8) is 0 Å². The predicted molar refractivity (Wildman–Crippen MR) is 81.5 cm³/mol. The highest BCUT2D eigenvalue weighted by Gasteiger charge is 2.23. The van der Waals surface area contributed by atoms with E-state index in [0.717, 1.165) is 5.56 Å². The summed E-state index contributed by atoms with van der Waals surface area (Å²) in [5, 5.41) is 0. The third-order valence-corrected chi connectivity index (χ3v) is 3.53. The Morgan fingerprint density at radius 3 is 1.86 bits per heavy atom. The van der Waals surface area contributed by atoms with Crippen LogP contribution < -0.4 is 9.47 Å². The molecule has 0 saturated heterocycles. The van der Waals surface area contributed by atoms with Gasteiger partial charge in [0.25, 0.3) is 0 Å². The van der Waals surface area contributed by atoms with Crippen molar-refractivity contribution in [2.45, 2.75) is 26.2 Å². The molecule has 0 aromatic heterocycles. The molecule has 2 aromatic carbocycles. The smallest absolute Gasteiger partial charge is 0.343 e. The zero-order chi connectivity index (χ0) is 15.9. The van der Waals surface area contributed by atoms with Crippen LogP contribution in [0.3, 0.4) is 0 Å². The maximum atomic E-state index is 12.3. The number of esters is 2. The largest absolute Gasteiger partial charge is 0.423 e. The molecule has 4 aliphatic heterocycles. The van der Waals surface area contributed by atoms with Crippen molar-refractivity contribution in [2.24, 2.45) is 0 Å². The van der Waals surface area contributed by atoms with Gasteiger partial charge in [-0.3, -0.25) is 0 Å². The average Bonchev–Trinajstić information content (AvgIpc) is 2.46. The lowest BCUT2D eigenvalue weighted by Crippen LogP contribution is -2.18. The molecule has 22 heavy (non-hydrogen) atoms. The summed E-state index contributed by atoms with van der Waals surface area (Å²) in [7, 11) is 0. The molecule has 4 aliphatic rings. The molecule has 4 heteroatoms. The van der Waals surface area contributed by atoms with Crippen LogP contribution >= 0.6 is 0 Å². The van der Waals surface area contributed by atoms with E-state index >= 15 is 0 Å². The summed E-state index contributed by atoms with van der Waals surface area (Å²) < 4.78 is 10.9. The second-order valence-corrected chi connectivity index (χ2v) is 6.26. The van der Waals surface area contributed by atoms with Gasteiger partial charge in [-0.15, -0.1) is 0 Å². The van der Waals surface area contributed by atoms with Crippen molar-refractivity contribution in [2.75, 3.05) is 0 Å². The summed E-state index contributed by atoms with van der Waals surface area (Å²) >= 11 is 0. The first-order valence-corrected chi connectivity index (χ1v) is 7.03. The number of ether oxygens (including phenoxy) is 2. The van der Waals surface area contributed by atoms with Crippen LogP contribution in [0.25, 0.3) is 0 Å². The van der Waals surface area contributed by atoms with Gasteiger partial charge in [-0.25, -0.2) is 9.59 Å². The highest BCUT2D eigenvalue weighted by Crippen LogP contribution is 2.35. The van der Waals surface area contributed by atoms with E-state index < -0.39 is 11.9 Å². The molecule has 0 aliphatic carbocycles. The monoisotopic (exact) mass is 296 g/mol. The molecule has 4 nitrogen and oxygen atoms in total. The topological polar surface area (TPSA) is 52.6 Å². The van der Waals surface area contributed by atoms with Crippen LogP contribution in [0.15, 0.2) is 42.5 Å². The molecule has 4 heterocycles. The van der Waals surface area contributed by atoms with E-state index in [9.17, 15) is 9.59 Å². The van der Waals surface area contributed by atoms with Gasteiger partial charge < -0.3 is 9.47 Å². The summed E-state index contributed by atoms with van der Waals surface area (Å²) in [6.45, 7) is 6.01. The molecule has 0 amide bonds. The van der Waals surface area contributed by atoms with Crippen LogP contribution in [0.1, 0.15) is 47.1 Å². The molecule has 2 aromatic rings. The number of hydrogen-bond donors (Lipinski definition) is 0. The molecule has 0 N–H and O–H groups in total. The van der Waals surface area contributed by atoms with Gasteiger partial charge in [0.2, 0.25) is 0 Å². The predicted octanol–water partition coefficient (Wildman–Crippen LogP) is 3.74. The first-order chi connectivity index (χ1) is 10.3. The molecular weight excluding hydrogens is 280 g/mol. The van der Waals surface area contributed by atoms with Crippen molar-refractivity contribution < 1.29 is 19.1 Å². The minimum absolute atomic E-state index is 0.259. The lowest BCUT2D eigenvalue weighted by molar-refractivity contribution is 0.0712. The van der Waals surface area contributed by atoms with Crippen LogP contribution in [0, 0.1) is 0 Å². The van der Waals surface area contributed by atoms with Gasteiger partial charge in [0.1, 0.15) is 11.5 Å². The minimum Gasteiger partial charge on any atom is -0.423 e. The highest BCUT2D eigenvalue weighted by atomic mass is 16.5. The number of hydrogen-bond acceptors (Lipinski definition) is 4. The molecular formula is C18H16O4. The van der Waals surface area contributed by atoms with Crippen molar-refractivity contribution in [3.05, 3.63) is 59.2 Å². The Hall–Kier alpha value is -2.62. The Kier molecular flexibility index (Phi) is 3.24. The SMILES string of the molecule is CC(C)(C)c1cc2ccc1OC(=O)c1ccc(cc1)C(=O)O2. The molecule has 0 spiro atoms. The minimum atomic E-state index is -0.451. The summed E-state index contributed by atoms with van der Waals surface area (Å²) in [5.41, 5.74) is 1.32. The van der Waals surface area contributed by atoms with Gasteiger partial charge in [-0.05, 0) is 47.9 Å². The van der Waals surface area contributed by atoms with Crippen molar-refractivity contribution in [3.8, 4) is 11.5 Å². The van der Waals surface area contributed by atoms with Crippen LogP contribution in [0.2, 0.25) is 0 Å². The van der Waals surface area contributed by atoms with E-state index in [4.69, 9.17) is 9.47 Å². The number of rotatable bonds is 0. The van der Waals surface area contributed by atoms with Crippen LogP contribution in [-0.4, -0.2) is 11.9 Å². The van der Waals surface area contributed by atoms with Gasteiger partial charge in [0.05, 0.1) is 11.1 Å².